The van der Waals surface area contributed by atoms with Crippen LogP contribution in [0.2, 0.25) is 0 Å². The molecule has 2 aliphatic rings. The van der Waals surface area contributed by atoms with Gasteiger partial charge in [0.1, 0.15) is 0 Å². The van der Waals surface area contributed by atoms with Crippen molar-refractivity contribution >= 4 is 10.0 Å². The molecule has 0 radical (unpaired) electrons. The van der Waals surface area contributed by atoms with E-state index in [0.29, 0.717) is 23.9 Å². The van der Waals surface area contributed by atoms with Gasteiger partial charge in [-0.2, -0.15) is 4.31 Å². The standard InChI is InChI=1S/C15H22N2O2S/c18-20(19,15-4-2-1-3-5-15)17-9-7-14(12-17)10-13-6-8-16-11-13/h1-5,13-14,16H,6-12H2. The molecule has 1 N–H and O–H groups in total. The minimum absolute atomic E-state index is 0.420. The first-order valence-electron chi connectivity index (χ1n) is 7.42. The van der Waals surface area contributed by atoms with E-state index >= 15 is 0 Å². The van der Waals surface area contributed by atoms with Crippen LogP contribution in [0.3, 0.4) is 0 Å². The average Bonchev–Trinajstić information content (AvgIpc) is 3.12. The van der Waals surface area contributed by atoms with Gasteiger partial charge < -0.3 is 5.32 Å². The fraction of sp³-hybridized carbons (Fsp3) is 0.600. The van der Waals surface area contributed by atoms with Crippen LogP contribution in [-0.4, -0.2) is 38.9 Å². The average molecular weight is 294 g/mol. The summed E-state index contributed by atoms with van der Waals surface area (Å²) in [6.07, 6.45) is 3.40. The van der Waals surface area contributed by atoms with Gasteiger partial charge in [0.05, 0.1) is 4.90 Å². The molecule has 4 nitrogen and oxygen atoms in total. The summed E-state index contributed by atoms with van der Waals surface area (Å²) in [6, 6.07) is 8.78. The van der Waals surface area contributed by atoms with Gasteiger partial charge in [-0.25, -0.2) is 8.42 Å². The third kappa shape index (κ3) is 2.90. The van der Waals surface area contributed by atoms with E-state index in [4.69, 9.17) is 0 Å². The Bertz CT molecular complexity index is 538. The molecular weight excluding hydrogens is 272 g/mol. The Morgan fingerprint density at radius 2 is 1.95 bits per heavy atom. The summed E-state index contributed by atoms with van der Waals surface area (Å²) in [5.41, 5.74) is 0. The van der Waals surface area contributed by atoms with Crippen molar-refractivity contribution in [3.8, 4) is 0 Å². The fourth-order valence-electron chi connectivity index (χ4n) is 3.34. The molecule has 0 bridgehead atoms. The molecule has 2 atom stereocenters. The predicted molar refractivity (Wildman–Crippen MR) is 78.9 cm³/mol. The van der Waals surface area contributed by atoms with Crippen LogP contribution in [0.5, 0.6) is 0 Å². The van der Waals surface area contributed by atoms with E-state index in [1.54, 1.807) is 28.6 Å². The highest BCUT2D eigenvalue weighted by Gasteiger charge is 2.33. The highest BCUT2D eigenvalue weighted by Crippen LogP contribution is 2.29. The van der Waals surface area contributed by atoms with Crippen LogP contribution in [0, 0.1) is 11.8 Å². The first-order chi connectivity index (χ1) is 9.66. The zero-order valence-electron chi connectivity index (χ0n) is 11.7. The summed E-state index contributed by atoms with van der Waals surface area (Å²) in [7, 11) is -3.29. The van der Waals surface area contributed by atoms with Crippen molar-refractivity contribution in [2.45, 2.75) is 24.2 Å². The molecule has 5 heteroatoms. The van der Waals surface area contributed by atoms with Crippen LogP contribution in [0.15, 0.2) is 35.2 Å². The molecule has 0 saturated carbocycles. The van der Waals surface area contributed by atoms with Crippen molar-refractivity contribution in [1.29, 1.82) is 0 Å². The van der Waals surface area contributed by atoms with Gasteiger partial charge in [0.25, 0.3) is 0 Å². The number of benzene rings is 1. The smallest absolute Gasteiger partial charge is 0.243 e. The topological polar surface area (TPSA) is 49.4 Å². The SMILES string of the molecule is O=S(=O)(c1ccccc1)N1CCC(CC2CCNC2)C1. The fourth-order valence-corrected chi connectivity index (χ4v) is 4.89. The van der Waals surface area contributed by atoms with Gasteiger partial charge in [-0.3, -0.25) is 0 Å². The van der Waals surface area contributed by atoms with Gasteiger partial charge in [-0.1, -0.05) is 18.2 Å². The van der Waals surface area contributed by atoms with Gasteiger partial charge in [-0.05, 0) is 56.3 Å². The number of nitrogens with one attached hydrogen (secondary N) is 1. The second kappa shape index (κ2) is 5.84. The molecule has 2 fully saturated rings. The number of rotatable bonds is 4. The summed E-state index contributed by atoms with van der Waals surface area (Å²) < 4.78 is 26.7. The Morgan fingerprint density at radius 3 is 2.65 bits per heavy atom. The normalized spacial score (nSPS) is 28.0. The molecule has 2 unspecified atom stereocenters. The van der Waals surface area contributed by atoms with Gasteiger partial charge in [0.2, 0.25) is 10.0 Å². The zero-order chi connectivity index (χ0) is 14.0. The van der Waals surface area contributed by atoms with E-state index in [0.717, 1.165) is 31.8 Å². The number of nitrogens with zero attached hydrogens (tertiary/aromatic N) is 1. The summed E-state index contributed by atoms with van der Waals surface area (Å²) in [6.45, 7) is 3.57. The maximum Gasteiger partial charge on any atom is 0.243 e. The lowest BCUT2D eigenvalue weighted by Crippen LogP contribution is -2.29. The largest absolute Gasteiger partial charge is 0.316 e. The van der Waals surface area contributed by atoms with Gasteiger partial charge >= 0.3 is 0 Å². The Labute approximate surface area is 121 Å². The molecule has 2 saturated heterocycles. The van der Waals surface area contributed by atoms with Crippen LogP contribution in [-0.2, 0) is 10.0 Å². The Kier molecular flexibility index (Phi) is 4.10. The minimum atomic E-state index is -3.29. The lowest BCUT2D eigenvalue weighted by molar-refractivity contribution is 0.390. The molecule has 1 aromatic rings. The maximum absolute atomic E-state index is 12.5. The van der Waals surface area contributed by atoms with Gasteiger partial charge in [-0.15, -0.1) is 0 Å². The summed E-state index contributed by atoms with van der Waals surface area (Å²) in [4.78, 5) is 0.420. The van der Waals surface area contributed by atoms with Crippen LogP contribution >= 0.6 is 0 Å². The first-order valence-corrected chi connectivity index (χ1v) is 8.86. The van der Waals surface area contributed by atoms with E-state index < -0.39 is 10.0 Å². The first kappa shape index (κ1) is 14.0. The Balaban J connectivity index is 1.64. The lowest BCUT2D eigenvalue weighted by Gasteiger charge is -2.18. The van der Waals surface area contributed by atoms with Crippen LogP contribution < -0.4 is 5.32 Å². The minimum Gasteiger partial charge on any atom is -0.316 e. The molecule has 0 amide bonds. The second-order valence-electron chi connectivity index (χ2n) is 5.93. The molecule has 20 heavy (non-hydrogen) atoms. The number of sulfonamides is 1. The van der Waals surface area contributed by atoms with Crippen molar-refractivity contribution in [2.75, 3.05) is 26.2 Å². The van der Waals surface area contributed by atoms with E-state index in [1.165, 1.54) is 6.42 Å². The van der Waals surface area contributed by atoms with Crippen LogP contribution in [0.1, 0.15) is 19.3 Å². The molecule has 2 aliphatic heterocycles. The molecular formula is C15H22N2O2S. The molecule has 110 valence electrons. The summed E-state index contributed by atoms with van der Waals surface area (Å²) in [5.74, 6) is 1.26. The Hall–Kier alpha value is -0.910. The van der Waals surface area contributed by atoms with E-state index in [1.807, 2.05) is 6.07 Å². The quantitative estimate of drug-likeness (QED) is 0.919. The highest BCUT2D eigenvalue weighted by atomic mass is 32.2. The van der Waals surface area contributed by atoms with Crippen molar-refractivity contribution in [2.24, 2.45) is 11.8 Å². The van der Waals surface area contributed by atoms with Crippen LogP contribution in [0.4, 0.5) is 0 Å². The van der Waals surface area contributed by atoms with Crippen molar-refractivity contribution in [1.82, 2.24) is 9.62 Å². The third-order valence-corrected chi connectivity index (χ3v) is 6.34. The lowest BCUT2D eigenvalue weighted by atomic mass is 9.93. The third-order valence-electron chi connectivity index (χ3n) is 4.46. The highest BCUT2D eigenvalue weighted by molar-refractivity contribution is 7.89. The molecule has 2 heterocycles. The molecule has 0 aromatic heterocycles. The van der Waals surface area contributed by atoms with Gasteiger partial charge in [0.15, 0.2) is 0 Å². The van der Waals surface area contributed by atoms with E-state index in [9.17, 15) is 8.42 Å². The van der Waals surface area contributed by atoms with Crippen LogP contribution in [0.25, 0.3) is 0 Å². The predicted octanol–water partition coefficient (Wildman–Crippen LogP) is 1.70. The van der Waals surface area contributed by atoms with Gasteiger partial charge in [0, 0.05) is 13.1 Å². The molecule has 3 rings (SSSR count). The summed E-state index contributed by atoms with van der Waals surface area (Å²) >= 11 is 0. The van der Waals surface area contributed by atoms with Crippen molar-refractivity contribution in [3.63, 3.8) is 0 Å². The second-order valence-corrected chi connectivity index (χ2v) is 7.86. The maximum atomic E-state index is 12.5. The molecule has 1 aromatic carbocycles. The molecule has 0 aliphatic carbocycles. The van der Waals surface area contributed by atoms with Crippen molar-refractivity contribution < 1.29 is 8.42 Å². The number of hydrogen-bond donors (Lipinski definition) is 1. The monoisotopic (exact) mass is 294 g/mol. The van der Waals surface area contributed by atoms with E-state index in [2.05, 4.69) is 5.32 Å². The van der Waals surface area contributed by atoms with E-state index in [-0.39, 0.29) is 0 Å². The van der Waals surface area contributed by atoms with Crippen molar-refractivity contribution in [3.05, 3.63) is 30.3 Å². The summed E-state index contributed by atoms with van der Waals surface area (Å²) in [5, 5.41) is 3.38. The zero-order valence-corrected chi connectivity index (χ0v) is 12.5. The number of hydrogen-bond acceptors (Lipinski definition) is 3. The Morgan fingerprint density at radius 1 is 1.15 bits per heavy atom. The molecule has 0 spiro atoms.